The van der Waals surface area contributed by atoms with E-state index in [-0.39, 0.29) is 23.2 Å². The predicted octanol–water partition coefficient (Wildman–Crippen LogP) is 3.37. The lowest BCUT2D eigenvalue weighted by Gasteiger charge is -2.58. The number of carbonyl (C=O) groups is 2. The van der Waals surface area contributed by atoms with Gasteiger partial charge in [-0.3, -0.25) is 15.1 Å². The molecule has 0 bridgehead atoms. The van der Waals surface area contributed by atoms with Crippen LogP contribution >= 0.6 is 0 Å². The number of aliphatic hydroxyl groups is 1. The van der Waals surface area contributed by atoms with Gasteiger partial charge in [0.15, 0.2) is 12.4 Å². The van der Waals surface area contributed by atoms with Crippen molar-refractivity contribution >= 4 is 11.8 Å². The number of carboxylic acids is 1. The summed E-state index contributed by atoms with van der Waals surface area (Å²) in [5, 5.41) is 20.0. The van der Waals surface area contributed by atoms with Gasteiger partial charge < -0.3 is 10.2 Å². The number of hydroxylamine groups is 1. The second-order valence-corrected chi connectivity index (χ2v) is 10.1. The van der Waals surface area contributed by atoms with E-state index in [1.807, 2.05) is 0 Å². The number of fused-ring (bicyclic) bond motifs is 5. The summed E-state index contributed by atoms with van der Waals surface area (Å²) in [7, 11) is 0. The van der Waals surface area contributed by atoms with Crippen LogP contribution in [0.1, 0.15) is 65.7 Å². The molecule has 6 heteroatoms. The van der Waals surface area contributed by atoms with Crippen molar-refractivity contribution in [3.05, 3.63) is 23.4 Å². The number of nitrogens with one attached hydrogen (secondary N) is 1. The van der Waals surface area contributed by atoms with Gasteiger partial charge >= 0.3 is 5.97 Å². The van der Waals surface area contributed by atoms with Crippen molar-refractivity contribution in [1.82, 2.24) is 5.48 Å². The van der Waals surface area contributed by atoms with Crippen LogP contribution in [0.2, 0.25) is 0 Å². The van der Waals surface area contributed by atoms with Crippen molar-refractivity contribution in [2.75, 3.05) is 6.61 Å². The van der Waals surface area contributed by atoms with Crippen molar-refractivity contribution in [2.45, 2.75) is 71.3 Å². The SMILES string of the molecule is CC(=O)[C@]1(O)CC[C@@H]2[C@H]3CCC4=CC(NOCC(=O)O)=CC[C@]4(C)[C@H]3CC[C@@]21C. The second-order valence-electron chi connectivity index (χ2n) is 10.1. The van der Waals surface area contributed by atoms with E-state index in [2.05, 4.69) is 31.5 Å². The average molecular weight is 404 g/mol. The Morgan fingerprint density at radius 3 is 2.62 bits per heavy atom. The monoisotopic (exact) mass is 403 g/mol. The van der Waals surface area contributed by atoms with Gasteiger partial charge in [-0.25, -0.2) is 4.79 Å². The quantitative estimate of drug-likeness (QED) is 0.609. The summed E-state index contributed by atoms with van der Waals surface area (Å²) in [5.41, 5.74) is 3.64. The normalized spacial score (nSPS) is 43.4. The molecular formula is C23H33NO5. The molecule has 0 aromatic heterocycles. The first kappa shape index (κ1) is 20.6. The van der Waals surface area contributed by atoms with Crippen molar-refractivity contribution < 1.29 is 24.6 Å². The van der Waals surface area contributed by atoms with E-state index in [4.69, 9.17) is 9.94 Å². The van der Waals surface area contributed by atoms with E-state index in [0.29, 0.717) is 24.2 Å². The molecule has 3 N–H and O–H groups in total. The molecule has 0 amide bonds. The molecule has 0 spiro atoms. The molecule has 6 atom stereocenters. The predicted molar refractivity (Wildman–Crippen MR) is 108 cm³/mol. The summed E-state index contributed by atoms with van der Waals surface area (Å²) in [6, 6.07) is 0. The van der Waals surface area contributed by atoms with Crippen LogP contribution in [-0.4, -0.2) is 34.2 Å². The molecule has 4 aliphatic carbocycles. The first-order valence-corrected chi connectivity index (χ1v) is 10.9. The lowest BCUT2D eigenvalue weighted by atomic mass is 9.46. The maximum atomic E-state index is 12.3. The Morgan fingerprint density at radius 2 is 1.93 bits per heavy atom. The second kappa shape index (κ2) is 6.95. The highest BCUT2D eigenvalue weighted by molar-refractivity contribution is 5.86. The van der Waals surface area contributed by atoms with E-state index in [9.17, 15) is 14.7 Å². The first-order valence-electron chi connectivity index (χ1n) is 10.9. The minimum Gasteiger partial charge on any atom is -0.479 e. The van der Waals surface area contributed by atoms with Crippen molar-refractivity contribution in [2.24, 2.45) is 28.6 Å². The van der Waals surface area contributed by atoms with Gasteiger partial charge in [0.05, 0.1) is 5.70 Å². The van der Waals surface area contributed by atoms with Gasteiger partial charge in [-0.2, -0.15) is 0 Å². The largest absolute Gasteiger partial charge is 0.479 e. The minimum absolute atomic E-state index is 0.0683. The van der Waals surface area contributed by atoms with Crippen LogP contribution in [0.3, 0.4) is 0 Å². The lowest BCUT2D eigenvalue weighted by molar-refractivity contribution is -0.159. The van der Waals surface area contributed by atoms with Crippen LogP contribution in [0, 0.1) is 28.6 Å². The molecule has 0 aromatic carbocycles. The van der Waals surface area contributed by atoms with Gasteiger partial charge in [0.1, 0.15) is 5.60 Å². The van der Waals surface area contributed by atoms with Crippen molar-refractivity contribution in [3.63, 3.8) is 0 Å². The molecule has 3 saturated carbocycles. The Labute approximate surface area is 172 Å². The fourth-order valence-corrected chi connectivity index (χ4v) is 7.26. The average Bonchev–Trinajstić information content (AvgIpc) is 2.94. The van der Waals surface area contributed by atoms with Crippen molar-refractivity contribution in [1.29, 1.82) is 0 Å². The van der Waals surface area contributed by atoms with Crippen LogP contribution in [0.4, 0.5) is 0 Å². The van der Waals surface area contributed by atoms with Gasteiger partial charge in [-0.1, -0.05) is 25.5 Å². The van der Waals surface area contributed by atoms with Crippen molar-refractivity contribution in [3.8, 4) is 0 Å². The molecule has 4 rings (SSSR count). The zero-order valence-electron chi connectivity index (χ0n) is 17.7. The summed E-state index contributed by atoms with van der Waals surface area (Å²) in [4.78, 5) is 28.0. The summed E-state index contributed by atoms with van der Waals surface area (Å²) < 4.78 is 0. The Kier molecular flexibility index (Phi) is 4.94. The molecule has 160 valence electrons. The number of allylic oxidation sites excluding steroid dienone is 3. The number of hydrogen-bond acceptors (Lipinski definition) is 5. The molecule has 4 aliphatic rings. The number of rotatable bonds is 5. The van der Waals surface area contributed by atoms with Gasteiger partial charge in [-0.15, -0.1) is 0 Å². The summed E-state index contributed by atoms with van der Waals surface area (Å²) >= 11 is 0. The van der Waals surface area contributed by atoms with E-state index in [0.717, 1.165) is 44.2 Å². The molecule has 0 aromatic rings. The van der Waals surface area contributed by atoms with Crippen LogP contribution in [0.15, 0.2) is 23.4 Å². The molecule has 29 heavy (non-hydrogen) atoms. The fraction of sp³-hybridized carbons (Fsp3) is 0.739. The lowest BCUT2D eigenvalue weighted by Crippen LogP contribution is -2.56. The Morgan fingerprint density at radius 1 is 1.21 bits per heavy atom. The Balaban J connectivity index is 1.53. The highest BCUT2D eigenvalue weighted by Gasteiger charge is 2.65. The van der Waals surface area contributed by atoms with E-state index >= 15 is 0 Å². The molecule has 6 nitrogen and oxygen atoms in total. The molecule has 0 radical (unpaired) electrons. The number of ketones is 1. The number of hydrogen-bond donors (Lipinski definition) is 3. The van der Waals surface area contributed by atoms with Gasteiger partial charge in [0.2, 0.25) is 0 Å². The number of aliphatic carboxylic acids is 1. The van der Waals surface area contributed by atoms with Gasteiger partial charge in [0, 0.05) is 5.41 Å². The molecular weight excluding hydrogens is 370 g/mol. The molecule has 0 heterocycles. The molecule has 0 saturated heterocycles. The number of carboxylic acid groups (broad SMARTS) is 1. The van der Waals surface area contributed by atoms with E-state index in [1.54, 1.807) is 6.92 Å². The van der Waals surface area contributed by atoms with Gasteiger partial charge in [0.25, 0.3) is 0 Å². The van der Waals surface area contributed by atoms with Crippen LogP contribution in [0.25, 0.3) is 0 Å². The summed E-state index contributed by atoms with van der Waals surface area (Å²) in [5.74, 6) is 0.416. The first-order chi connectivity index (χ1) is 13.6. The Bertz CT molecular complexity index is 788. The number of Topliss-reactive ketones (excluding diaryl/α,β-unsaturated/α-hetero) is 1. The third kappa shape index (κ3) is 2.98. The topological polar surface area (TPSA) is 95.9 Å². The third-order valence-electron chi connectivity index (χ3n) is 8.93. The van der Waals surface area contributed by atoms with Gasteiger partial charge in [-0.05, 0) is 81.1 Å². The number of carbonyl (C=O) groups excluding carboxylic acids is 1. The van der Waals surface area contributed by atoms with E-state index < -0.39 is 11.6 Å². The smallest absolute Gasteiger partial charge is 0.332 e. The Hall–Kier alpha value is -1.66. The summed E-state index contributed by atoms with van der Waals surface area (Å²) in [6.07, 6.45) is 10.7. The summed E-state index contributed by atoms with van der Waals surface area (Å²) in [6.45, 7) is 5.69. The maximum absolute atomic E-state index is 12.3. The fourth-order valence-electron chi connectivity index (χ4n) is 7.26. The molecule has 3 fully saturated rings. The molecule has 0 unspecified atom stereocenters. The standard InChI is InChI=1S/C23H33NO5/c1-14(25)23(28)11-8-19-17-5-4-15-12-16(24-29-13-20(26)27)6-9-21(15,2)18(17)7-10-22(19,23)3/h6,12,17-19,24,28H,4-5,7-11,13H2,1-3H3,(H,26,27)/t17-,18-,19+,21-,22-,23+/m0/s1. The third-order valence-corrected chi connectivity index (χ3v) is 8.93. The van der Waals surface area contributed by atoms with Crippen LogP contribution in [-0.2, 0) is 14.4 Å². The zero-order valence-corrected chi connectivity index (χ0v) is 17.7. The minimum atomic E-state index is -1.16. The highest BCUT2D eigenvalue weighted by atomic mass is 16.7. The van der Waals surface area contributed by atoms with Crippen LogP contribution in [0.5, 0.6) is 0 Å². The van der Waals surface area contributed by atoms with Crippen LogP contribution < -0.4 is 5.48 Å². The maximum Gasteiger partial charge on any atom is 0.332 e. The zero-order chi connectivity index (χ0) is 21.0. The van der Waals surface area contributed by atoms with E-state index in [1.165, 1.54) is 5.57 Å². The molecule has 0 aliphatic heterocycles. The highest BCUT2D eigenvalue weighted by Crippen LogP contribution is 2.67.